The number of amides is 1. The molecule has 128 valence electrons. The summed E-state index contributed by atoms with van der Waals surface area (Å²) >= 11 is 0. The smallest absolute Gasteiger partial charge is 0.278 e. The summed E-state index contributed by atoms with van der Waals surface area (Å²) in [4.78, 5) is 29.9. The van der Waals surface area contributed by atoms with Gasteiger partial charge in [0.25, 0.3) is 17.1 Å². The van der Waals surface area contributed by atoms with Crippen LogP contribution < -0.4 is 21.2 Å². The molecule has 3 rings (SSSR count). The highest BCUT2D eigenvalue weighted by molar-refractivity contribution is 6.00. The van der Waals surface area contributed by atoms with Crippen LogP contribution in [0.1, 0.15) is 22.8 Å². The quantitative estimate of drug-likeness (QED) is 0.421. The number of carbonyl (C=O) groups is 1. The molecule has 3 aromatic rings. The summed E-state index contributed by atoms with van der Waals surface area (Å²) in [7, 11) is 0. The Morgan fingerprint density at radius 3 is 2.96 bits per heavy atom. The first-order valence-electron chi connectivity index (χ1n) is 8.02. The van der Waals surface area contributed by atoms with E-state index in [2.05, 4.69) is 16.9 Å². The summed E-state index contributed by atoms with van der Waals surface area (Å²) in [5.74, 6) is -0.0726. The number of carbonyl (C=O) groups excluding carboxylic acids is 1. The van der Waals surface area contributed by atoms with Crippen LogP contribution in [0.2, 0.25) is 0 Å². The minimum absolute atomic E-state index is 0.233. The van der Waals surface area contributed by atoms with Crippen molar-refractivity contribution in [3.8, 4) is 0 Å². The maximum atomic E-state index is 12.9. The molecule has 0 aliphatic carbocycles. The molecule has 0 aliphatic heterocycles. The van der Waals surface area contributed by atoms with Gasteiger partial charge in [0.15, 0.2) is 0 Å². The molecular weight excluding hydrogens is 318 g/mol. The lowest BCUT2D eigenvalue weighted by atomic mass is 10.1. The maximum Gasteiger partial charge on any atom is 0.278 e. The number of fused-ring (bicyclic) bond motifs is 2. The number of anilines is 1. The number of pyridine rings is 2. The number of nitrogens with zero attached hydrogens (tertiary/aromatic N) is 3. The van der Waals surface area contributed by atoms with E-state index in [1.165, 1.54) is 10.5 Å². The standard InChI is InChI=1S/C18H19N5O2/c1-4-8-20-17(24)12-10-13-16(22(5-2)14(12)19)21-15-11(3)7-6-9-23(15)18(13)25/h4,6-7,9-10,19H,1,5,8H2,2-3H3,(H,20,24)/p+1. The van der Waals surface area contributed by atoms with Crippen molar-refractivity contribution in [1.82, 2.24) is 14.7 Å². The van der Waals surface area contributed by atoms with Gasteiger partial charge in [0.2, 0.25) is 11.5 Å². The molecule has 25 heavy (non-hydrogen) atoms. The van der Waals surface area contributed by atoms with Crippen molar-refractivity contribution in [2.75, 3.05) is 12.3 Å². The second-order valence-corrected chi connectivity index (χ2v) is 5.73. The number of rotatable bonds is 4. The number of aromatic nitrogens is 3. The maximum absolute atomic E-state index is 12.9. The highest BCUT2D eigenvalue weighted by atomic mass is 16.1. The molecule has 0 spiro atoms. The van der Waals surface area contributed by atoms with Gasteiger partial charge in [-0.15, -0.1) is 6.58 Å². The Hall–Kier alpha value is -3.22. The van der Waals surface area contributed by atoms with Gasteiger partial charge in [-0.25, -0.2) is 4.57 Å². The van der Waals surface area contributed by atoms with E-state index in [0.29, 0.717) is 29.8 Å². The van der Waals surface area contributed by atoms with Crippen LogP contribution in [0.15, 0.2) is 41.8 Å². The summed E-state index contributed by atoms with van der Waals surface area (Å²) in [5, 5.41) is 3.04. The number of hydrogen-bond acceptors (Lipinski definition) is 4. The number of hydrogen-bond donors (Lipinski definition) is 2. The third-order valence-corrected chi connectivity index (χ3v) is 4.14. The SMILES string of the molecule is C=CCNC(=O)c1cc2c(=O)n3cccc(C)c3nc2[n+](CC)c1N. The van der Waals surface area contributed by atoms with E-state index in [-0.39, 0.29) is 22.8 Å². The van der Waals surface area contributed by atoms with Crippen LogP contribution in [0.4, 0.5) is 5.82 Å². The molecule has 7 heteroatoms. The highest BCUT2D eigenvalue weighted by Gasteiger charge is 2.23. The van der Waals surface area contributed by atoms with Gasteiger partial charge in [-0.2, -0.15) is 0 Å². The van der Waals surface area contributed by atoms with Crippen molar-refractivity contribution in [2.24, 2.45) is 0 Å². The van der Waals surface area contributed by atoms with Crippen molar-refractivity contribution in [2.45, 2.75) is 20.4 Å². The van der Waals surface area contributed by atoms with Gasteiger partial charge in [-0.05, 0) is 26.0 Å². The Bertz CT molecular complexity index is 1070. The number of nitrogens with two attached hydrogens (primary N) is 1. The summed E-state index contributed by atoms with van der Waals surface area (Å²) in [6.45, 7) is 8.16. The molecule has 0 radical (unpaired) electrons. The number of aryl methyl sites for hydroxylation is 2. The fraction of sp³-hybridized carbons (Fsp3) is 0.222. The molecule has 0 saturated heterocycles. The zero-order chi connectivity index (χ0) is 18.1. The molecule has 1 amide bonds. The molecule has 3 heterocycles. The zero-order valence-electron chi connectivity index (χ0n) is 14.2. The van der Waals surface area contributed by atoms with Gasteiger partial charge in [0, 0.05) is 18.3 Å². The Morgan fingerprint density at radius 2 is 2.28 bits per heavy atom. The second kappa shape index (κ2) is 6.35. The van der Waals surface area contributed by atoms with Crippen LogP contribution in [0, 0.1) is 6.92 Å². The molecule has 3 N–H and O–H groups in total. The van der Waals surface area contributed by atoms with Crippen molar-refractivity contribution < 1.29 is 9.36 Å². The third-order valence-electron chi connectivity index (χ3n) is 4.14. The van der Waals surface area contributed by atoms with E-state index >= 15 is 0 Å². The van der Waals surface area contributed by atoms with Crippen LogP contribution in [0.3, 0.4) is 0 Å². The van der Waals surface area contributed by atoms with E-state index in [1.54, 1.807) is 22.9 Å². The normalized spacial score (nSPS) is 11.0. The van der Waals surface area contributed by atoms with Crippen LogP contribution in [0.25, 0.3) is 16.7 Å². The second-order valence-electron chi connectivity index (χ2n) is 5.73. The first kappa shape index (κ1) is 16.6. The topological polar surface area (TPSA) is 93.4 Å². The molecule has 0 unspecified atom stereocenters. The Kier molecular flexibility index (Phi) is 4.22. The van der Waals surface area contributed by atoms with Gasteiger partial charge < -0.3 is 11.1 Å². The van der Waals surface area contributed by atoms with Crippen LogP contribution in [-0.4, -0.2) is 21.8 Å². The van der Waals surface area contributed by atoms with E-state index in [4.69, 9.17) is 5.73 Å². The lowest BCUT2D eigenvalue weighted by molar-refractivity contribution is -0.655. The number of nitrogens with one attached hydrogen (secondary N) is 1. The van der Waals surface area contributed by atoms with Gasteiger partial charge in [0.1, 0.15) is 10.9 Å². The predicted molar refractivity (Wildman–Crippen MR) is 96.5 cm³/mol. The molecule has 0 aliphatic rings. The zero-order valence-corrected chi connectivity index (χ0v) is 14.2. The summed E-state index contributed by atoms with van der Waals surface area (Å²) in [5.41, 5.74) is 8.14. The van der Waals surface area contributed by atoms with Gasteiger partial charge in [-0.1, -0.05) is 17.1 Å². The third kappa shape index (κ3) is 2.63. The van der Waals surface area contributed by atoms with Gasteiger partial charge in [0.05, 0.1) is 6.54 Å². The Morgan fingerprint density at radius 1 is 1.52 bits per heavy atom. The molecule has 0 saturated carbocycles. The molecule has 0 aromatic carbocycles. The monoisotopic (exact) mass is 338 g/mol. The van der Waals surface area contributed by atoms with Gasteiger partial charge in [-0.3, -0.25) is 14.0 Å². The first-order valence-corrected chi connectivity index (χ1v) is 8.02. The Balaban J connectivity index is 2.40. The average molecular weight is 338 g/mol. The first-order chi connectivity index (χ1) is 12.0. The van der Waals surface area contributed by atoms with Crippen LogP contribution >= 0.6 is 0 Å². The highest BCUT2D eigenvalue weighted by Crippen LogP contribution is 2.15. The lowest BCUT2D eigenvalue weighted by Gasteiger charge is -2.11. The summed E-state index contributed by atoms with van der Waals surface area (Å²) in [6, 6.07) is 5.20. The minimum atomic E-state index is -0.352. The van der Waals surface area contributed by atoms with Crippen molar-refractivity contribution in [3.63, 3.8) is 0 Å². The van der Waals surface area contributed by atoms with E-state index < -0.39 is 0 Å². The van der Waals surface area contributed by atoms with Crippen LogP contribution in [0.5, 0.6) is 0 Å². The van der Waals surface area contributed by atoms with Crippen LogP contribution in [-0.2, 0) is 6.54 Å². The fourth-order valence-corrected chi connectivity index (χ4v) is 2.87. The van der Waals surface area contributed by atoms with E-state index in [0.717, 1.165) is 5.56 Å². The summed E-state index contributed by atoms with van der Waals surface area (Å²) in [6.07, 6.45) is 3.25. The van der Waals surface area contributed by atoms with Crippen molar-refractivity contribution in [3.05, 3.63) is 58.5 Å². The summed E-state index contributed by atoms with van der Waals surface area (Å²) < 4.78 is 3.17. The van der Waals surface area contributed by atoms with E-state index in [9.17, 15) is 9.59 Å². The van der Waals surface area contributed by atoms with E-state index in [1.807, 2.05) is 19.9 Å². The number of nitrogen functional groups attached to an aromatic ring is 1. The van der Waals surface area contributed by atoms with Crippen molar-refractivity contribution >= 4 is 28.4 Å². The molecular formula is C18H20N5O2+. The predicted octanol–water partition coefficient (Wildman–Crippen LogP) is 0.962. The molecule has 3 aromatic heterocycles. The minimum Gasteiger partial charge on any atom is -0.348 e. The largest absolute Gasteiger partial charge is 0.348 e. The molecule has 0 fully saturated rings. The molecule has 0 atom stereocenters. The molecule has 7 nitrogen and oxygen atoms in total. The average Bonchev–Trinajstić information content (AvgIpc) is 2.60. The van der Waals surface area contributed by atoms with Gasteiger partial charge >= 0.3 is 0 Å². The Labute approximate surface area is 144 Å². The fourth-order valence-electron chi connectivity index (χ4n) is 2.87. The van der Waals surface area contributed by atoms with Crippen molar-refractivity contribution in [1.29, 1.82) is 0 Å². The molecule has 0 bridgehead atoms. The lowest BCUT2D eigenvalue weighted by Crippen LogP contribution is -2.42.